The van der Waals surface area contributed by atoms with Gasteiger partial charge in [-0.1, -0.05) is 0 Å². The van der Waals surface area contributed by atoms with E-state index in [0.717, 1.165) is 25.0 Å². The summed E-state index contributed by atoms with van der Waals surface area (Å²) in [5.41, 5.74) is -0.0696. The SMILES string of the molecule is O=C(Cc1cc(F)c(Br)cc1[N+](=O)[O-])C1CC1. The van der Waals surface area contributed by atoms with Crippen molar-refractivity contribution in [3.05, 3.63) is 38.1 Å². The lowest BCUT2D eigenvalue weighted by atomic mass is 10.0. The van der Waals surface area contributed by atoms with Crippen LogP contribution in [-0.4, -0.2) is 10.7 Å². The van der Waals surface area contributed by atoms with Gasteiger partial charge in [0.1, 0.15) is 11.6 Å². The Labute approximate surface area is 105 Å². The minimum atomic E-state index is -0.598. The normalized spacial score (nSPS) is 14.7. The molecule has 1 aromatic rings. The molecule has 0 N–H and O–H groups in total. The molecular weight excluding hydrogens is 293 g/mol. The zero-order valence-electron chi connectivity index (χ0n) is 8.78. The van der Waals surface area contributed by atoms with E-state index in [4.69, 9.17) is 0 Å². The van der Waals surface area contributed by atoms with Crippen LogP contribution in [0.15, 0.2) is 16.6 Å². The molecule has 0 saturated heterocycles. The van der Waals surface area contributed by atoms with Gasteiger partial charge in [0.25, 0.3) is 5.69 Å². The number of hydrogen-bond acceptors (Lipinski definition) is 3. The zero-order valence-corrected chi connectivity index (χ0v) is 10.4. The number of ketones is 1. The second kappa shape index (κ2) is 4.52. The number of benzene rings is 1. The molecule has 0 radical (unpaired) electrons. The first-order valence-corrected chi connectivity index (χ1v) is 5.93. The highest BCUT2D eigenvalue weighted by Crippen LogP contribution is 2.33. The van der Waals surface area contributed by atoms with E-state index in [9.17, 15) is 19.3 Å². The maximum Gasteiger partial charge on any atom is 0.274 e. The van der Waals surface area contributed by atoms with E-state index in [1.807, 2.05) is 0 Å². The van der Waals surface area contributed by atoms with Crippen LogP contribution >= 0.6 is 15.9 Å². The van der Waals surface area contributed by atoms with Gasteiger partial charge in [-0.25, -0.2) is 4.39 Å². The number of nitro benzene ring substituents is 1. The Hall–Kier alpha value is -1.30. The fraction of sp³-hybridized carbons (Fsp3) is 0.364. The van der Waals surface area contributed by atoms with E-state index in [2.05, 4.69) is 15.9 Å². The molecule has 1 aliphatic carbocycles. The molecule has 0 atom stereocenters. The average molecular weight is 302 g/mol. The molecule has 0 aromatic heterocycles. The quantitative estimate of drug-likeness (QED) is 0.634. The van der Waals surface area contributed by atoms with Crippen LogP contribution in [0.5, 0.6) is 0 Å². The van der Waals surface area contributed by atoms with Gasteiger partial charge < -0.3 is 0 Å². The number of hydrogen-bond donors (Lipinski definition) is 0. The van der Waals surface area contributed by atoms with Gasteiger partial charge in [0.05, 0.1) is 9.40 Å². The maximum atomic E-state index is 13.3. The summed E-state index contributed by atoms with van der Waals surface area (Å²) in [6, 6.07) is 2.16. The molecule has 0 spiro atoms. The number of carbonyl (C=O) groups is 1. The number of Topliss-reactive ketones (excluding diaryl/α,β-unsaturated/α-hetero) is 1. The fourth-order valence-electron chi connectivity index (χ4n) is 1.63. The van der Waals surface area contributed by atoms with Crippen molar-refractivity contribution in [3.63, 3.8) is 0 Å². The number of nitro groups is 1. The van der Waals surface area contributed by atoms with Crippen molar-refractivity contribution < 1.29 is 14.1 Å². The van der Waals surface area contributed by atoms with Gasteiger partial charge in [-0.3, -0.25) is 14.9 Å². The Balaban J connectivity index is 2.33. The highest BCUT2D eigenvalue weighted by atomic mass is 79.9. The van der Waals surface area contributed by atoms with Crippen LogP contribution in [0.2, 0.25) is 0 Å². The van der Waals surface area contributed by atoms with Crippen molar-refractivity contribution in [1.82, 2.24) is 0 Å². The third-order valence-electron chi connectivity index (χ3n) is 2.72. The molecule has 0 heterocycles. The van der Waals surface area contributed by atoms with Crippen LogP contribution in [0.4, 0.5) is 10.1 Å². The lowest BCUT2D eigenvalue weighted by molar-refractivity contribution is -0.385. The molecule has 17 heavy (non-hydrogen) atoms. The second-order valence-corrected chi connectivity index (χ2v) is 4.92. The van der Waals surface area contributed by atoms with Crippen molar-refractivity contribution >= 4 is 27.4 Å². The van der Waals surface area contributed by atoms with Crippen LogP contribution < -0.4 is 0 Å². The van der Waals surface area contributed by atoms with E-state index in [1.165, 1.54) is 0 Å². The number of nitrogens with zero attached hydrogens (tertiary/aromatic N) is 1. The summed E-state index contributed by atoms with van der Waals surface area (Å²) in [7, 11) is 0. The van der Waals surface area contributed by atoms with E-state index in [0.29, 0.717) is 0 Å². The minimum Gasteiger partial charge on any atom is -0.299 e. The third kappa shape index (κ3) is 2.69. The molecule has 0 aliphatic heterocycles. The standard InChI is InChI=1S/C11H9BrFNO3/c12-8-5-10(14(16)17)7(3-9(8)13)4-11(15)6-1-2-6/h3,5-6H,1-2,4H2. The topological polar surface area (TPSA) is 60.2 Å². The minimum absolute atomic E-state index is 0.0151. The number of halogens is 2. The zero-order chi connectivity index (χ0) is 12.6. The van der Waals surface area contributed by atoms with Crippen molar-refractivity contribution in [2.24, 2.45) is 5.92 Å². The van der Waals surface area contributed by atoms with Crippen molar-refractivity contribution in [2.75, 3.05) is 0 Å². The molecule has 4 nitrogen and oxygen atoms in total. The van der Waals surface area contributed by atoms with E-state index < -0.39 is 10.7 Å². The number of rotatable bonds is 4. The van der Waals surface area contributed by atoms with Gasteiger partial charge in [-0.05, 0) is 34.8 Å². The monoisotopic (exact) mass is 301 g/mol. The molecule has 0 amide bonds. The summed E-state index contributed by atoms with van der Waals surface area (Å²) in [4.78, 5) is 21.8. The van der Waals surface area contributed by atoms with Gasteiger partial charge in [-0.15, -0.1) is 0 Å². The van der Waals surface area contributed by atoms with Gasteiger partial charge in [-0.2, -0.15) is 0 Å². The summed E-state index contributed by atoms with van der Waals surface area (Å²) in [6.45, 7) is 0. The lowest BCUT2D eigenvalue weighted by Gasteiger charge is -2.03. The third-order valence-corrected chi connectivity index (χ3v) is 3.32. The van der Waals surface area contributed by atoms with Crippen LogP contribution in [0.3, 0.4) is 0 Å². The van der Waals surface area contributed by atoms with Crippen LogP contribution in [-0.2, 0) is 11.2 Å². The molecule has 2 rings (SSSR count). The summed E-state index contributed by atoms with van der Waals surface area (Å²) < 4.78 is 13.3. The first-order chi connectivity index (χ1) is 7.99. The van der Waals surface area contributed by atoms with Crippen molar-refractivity contribution in [3.8, 4) is 0 Å². The predicted octanol–water partition coefficient (Wildman–Crippen LogP) is 3.02. The highest BCUT2D eigenvalue weighted by molar-refractivity contribution is 9.10. The summed E-state index contributed by atoms with van der Waals surface area (Å²) in [6.07, 6.45) is 1.61. The van der Waals surface area contributed by atoms with Crippen LogP contribution in [0.1, 0.15) is 18.4 Å². The van der Waals surface area contributed by atoms with E-state index in [1.54, 1.807) is 0 Å². The average Bonchev–Trinajstić information content (AvgIpc) is 3.06. The van der Waals surface area contributed by atoms with Gasteiger partial charge >= 0.3 is 0 Å². The summed E-state index contributed by atoms with van der Waals surface area (Å²) in [5.74, 6) is -0.620. The maximum absolute atomic E-state index is 13.3. The molecule has 90 valence electrons. The molecule has 0 unspecified atom stereocenters. The van der Waals surface area contributed by atoms with Gasteiger partial charge in [0.2, 0.25) is 0 Å². The van der Waals surface area contributed by atoms with Gasteiger partial charge in [0.15, 0.2) is 0 Å². The molecule has 1 fully saturated rings. The molecule has 6 heteroatoms. The number of carbonyl (C=O) groups excluding carboxylic acids is 1. The molecule has 0 bridgehead atoms. The Morgan fingerprint density at radius 3 is 2.71 bits per heavy atom. The molecule has 1 aromatic carbocycles. The first-order valence-electron chi connectivity index (χ1n) is 5.14. The summed E-state index contributed by atoms with van der Waals surface area (Å²) in [5, 5.41) is 10.8. The van der Waals surface area contributed by atoms with E-state index >= 15 is 0 Å². The van der Waals surface area contributed by atoms with Crippen LogP contribution in [0, 0.1) is 21.8 Å². The van der Waals surface area contributed by atoms with E-state index in [-0.39, 0.29) is 33.8 Å². The highest BCUT2D eigenvalue weighted by Gasteiger charge is 2.31. The van der Waals surface area contributed by atoms with Gasteiger partial charge in [0, 0.05) is 24.0 Å². The largest absolute Gasteiger partial charge is 0.299 e. The van der Waals surface area contributed by atoms with Crippen molar-refractivity contribution in [1.29, 1.82) is 0 Å². The molecule has 1 saturated carbocycles. The Morgan fingerprint density at radius 1 is 1.53 bits per heavy atom. The predicted molar refractivity (Wildman–Crippen MR) is 62.2 cm³/mol. The Bertz CT molecular complexity index is 500. The Morgan fingerprint density at radius 2 is 2.18 bits per heavy atom. The second-order valence-electron chi connectivity index (χ2n) is 4.07. The lowest BCUT2D eigenvalue weighted by Crippen LogP contribution is -2.07. The first kappa shape index (κ1) is 12.2. The summed E-state index contributed by atoms with van der Waals surface area (Å²) >= 11 is 2.89. The van der Waals surface area contributed by atoms with Crippen molar-refractivity contribution in [2.45, 2.75) is 19.3 Å². The van der Waals surface area contributed by atoms with Crippen LogP contribution in [0.25, 0.3) is 0 Å². The fourth-order valence-corrected chi connectivity index (χ4v) is 1.96. The molecular formula is C11H9BrFNO3. The Kier molecular flexibility index (Phi) is 3.24. The smallest absolute Gasteiger partial charge is 0.274 e. The molecule has 1 aliphatic rings.